The Morgan fingerprint density at radius 2 is 2.03 bits per heavy atom. The number of aromatic nitrogens is 2. The molecule has 1 atom stereocenters. The number of fused-ring (bicyclic) bond motifs is 1. The van der Waals surface area contributed by atoms with Gasteiger partial charge in [0.15, 0.2) is 0 Å². The SMILES string of the molecule is COCc1nn2c(c1-c1cccc(OC)c1)NC(=O)C2CC(=O)Nc1ccccc1[N+](=O)[O-]. The molecule has 11 heteroatoms. The predicted molar refractivity (Wildman–Crippen MR) is 119 cm³/mol. The van der Waals surface area contributed by atoms with Crippen LogP contribution in [0.15, 0.2) is 48.5 Å². The maximum absolute atomic E-state index is 12.7. The van der Waals surface area contributed by atoms with E-state index in [-0.39, 0.29) is 24.4 Å². The number of benzene rings is 2. The van der Waals surface area contributed by atoms with Gasteiger partial charge in [-0.1, -0.05) is 24.3 Å². The summed E-state index contributed by atoms with van der Waals surface area (Å²) in [6.07, 6.45) is -0.253. The van der Waals surface area contributed by atoms with Crippen molar-refractivity contribution in [1.29, 1.82) is 0 Å². The van der Waals surface area contributed by atoms with Gasteiger partial charge in [-0.15, -0.1) is 0 Å². The number of carbonyl (C=O) groups is 2. The van der Waals surface area contributed by atoms with Crippen LogP contribution in [0.4, 0.5) is 17.2 Å². The Morgan fingerprint density at radius 3 is 2.76 bits per heavy atom. The molecule has 1 aliphatic rings. The third-order valence-corrected chi connectivity index (χ3v) is 5.22. The standard InChI is InChI=1S/C22H21N5O6/c1-32-12-16-20(13-6-5-7-14(10-13)33-2)21-24-22(29)18(26(21)25-16)11-19(28)23-15-8-3-4-9-17(15)27(30)31/h3-10,18H,11-12H2,1-2H3,(H,23,28)(H,24,29). The Balaban J connectivity index is 1.64. The molecule has 2 N–H and O–H groups in total. The molecule has 33 heavy (non-hydrogen) atoms. The minimum absolute atomic E-state index is 0.0590. The zero-order valence-electron chi connectivity index (χ0n) is 17.9. The summed E-state index contributed by atoms with van der Waals surface area (Å²) in [4.78, 5) is 36.0. The van der Waals surface area contributed by atoms with Gasteiger partial charge in [0.1, 0.15) is 23.3 Å². The van der Waals surface area contributed by atoms with Crippen molar-refractivity contribution in [1.82, 2.24) is 9.78 Å². The zero-order chi connectivity index (χ0) is 23.5. The Morgan fingerprint density at radius 1 is 1.24 bits per heavy atom. The van der Waals surface area contributed by atoms with Gasteiger partial charge in [0.25, 0.3) is 11.6 Å². The topological polar surface area (TPSA) is 138 Å². The third kappa shape index (κ3) is 4.26. The Hall–Kier alpha value is -4.25. The summed E-state index contributed by atoms with van der Waals surface area (Å²) < 4.78 is 12.0. The molecular formula is C22H21N5O6. The average molecular weight is 451 g/mol. The fraction of sp³-hybridized carbons (Fsp3) is 0.227. The second-order valence-electron chi connectivity index (χ2n) is 7.31. The van der Waals surface area contributed by atoms with Crippen LogP contribution in [0.25, 0.3) is 11.1 Å². The van der Waals surface area contributed by atoms with Gasteiger partial charge in [-0.25, -0.2) is 4.68 Å². The molecule has 0 radical (unpaired) electrons. The van der Waals surface area contributed by atoms with E-state index in [1.54, 1.807) is 19.2 Å². The second-order valence-corrected chi connectivity index (χ2v) is 7.31. The first-order chi connectivity index (χ1) is 15.9. The van der Waals surface area contributed by atoms with Crippen molar-refractivity contribution in [2.75, 3.05) is 24.9 Å². The number of nitrogens with zero attached hydrogens (tertiary/aromatic N) is 3. The molecule has 2 amide bonds. The molecule has 0 saturated carbocycles. The number of nitrogens with one attached hydrogen (secondary N) is 2. The molecule has 11 nitrogen and oxygen atoms in total. The minimum Gasteiger partial charge on any atom is -0.497 e. The summed E-state index contributed by atoms with van der Waals surface area (Å²) in [6, 6.07) is 12.2. The Bertz CT molecular complexity index is 1240. The Kier molecular flexibility index (Phi) is 6.05. The molecule has 1 aliphatic heterocycles. The van der Waals surface area contributed by atoms with E-state index >= 15 is 0 Å². The third-order valence-electron chi connectivity index (χ3n) is 5.22. The molecule has 2 heterocycles. The van der Waals surface area contributed by atoms with E-state index in [4.69, 9.17) is 9.47 Å². The number of para-hydroxylation sites is 2. The number of rotatable bonds is 8. The second kappa shape index (κ2) is 9.09. The fourth-order valence-electron chi connectivity index (χ4n) is 3.75. The highest BCUT2D eigenvalue weighted by atomic mass is 16.6. The summed E-state index contributed by atoms with van der Waals surface area (Å²) >= 11 is 0. The van der Waals surface area contributed by atoms with Crippen molar-refractivity contribution in [2.45, 2.75) is 19.1 Å². The van der Waals surface area contributed by atoms with Crippen molar-refractivity contribution in [3.63, 3.8) is 0 Å². The highest BCUT2D eigenvalue weighted by Gasteiger charge is 2.37. The summed E-state index contributed by atoms with van der Waals surface area (Å²) in [5, 5.41) is 21.1. The van der Waals surface area contributed by atoms with E-state index in [1.165, 1.54) is 30.0 Å². The number of hydrogen-bond acceptors (Lipinski definition) is 7. The van der Waals surface area contributed by atoms with E-state index in [9.17, 15) is 19.7 Å². The summed E-state index contributed by atoms with van der Waals surface area (Å²) in [5.41, 5.74) is 1.86. The normalized spacial score (nSPS) is 14.5. The number of amides is 2. The van der Waals surface area contributed by atoms with Gasteiger partial charge >= 0.3 is 0 Å². The first-order valence-electron chi connectivity index (χ1n) is 10.0. The van der Waals surface area contributed by atoms with Gasteiger partial charge in [-0.2, -0.15) is 5.10 Å². The summed E-state index contributed by atoms with van der Waals surface area (Å²) in [6.45, 7) is 0.192. The molecule has 0 aliphatic carbocycles. The number of anilines is 2. The summed E-state index contributed by atoms with van der Waals surface area (Å²) in [5.74, 6) is 0.136. The molecule has 2 aromatic carbocycles. The number of methoxy groups -OCH3 is 2. The van der Waals surface area contributed by atoms with Crippen molar-refractivity contribution < 1.29 is 24.0 Å². The highest BCUT2D eigenvalue weighted by molar-refractivity contribution is 6.04. The maximum atomic E-state index is 12.7. The van der Waals surface area contributed by atoms with Crippen molar-refractivity contribution in [3.05, 3.63) is 64.3 Å². The minimum atomic E-state index is -0.919. The largest absolute Gasteiger partial charge is 0.497 e. The lowest BCUT2D eigenvalue weighted by Crippen LogP contribution is -2.24. The van der Waals surface area contributed by atoms with Crippen molar-refractivity contribution in [2.24, 2.45) is 0 Å². The lowest BCUT2D eigenvalue weighted by Gasteiger charge is -2.10. The molecule has 3 aromatic rings. The van der Waals surface area contributed by atoms with Crippen LogP contribution in [-0.4, -0.2) is 40.7 Å². The van der Waals surface area contributed by atoms with Crippen LogP contribution in [0.1, 0.15) is 18.2 Å². The van der Waals surface area contributed by atoms with Crippen LogP contribution in [0.3, 0.4) is 0 Å². The smallest absolute Gasteiger partial charge is 0.292 e. The number of ether oxygens (including phenoxy) is 2. The molecule has 4 rings (SSSR count). The number of nitro benzene ring substituents is 1. The van der Waals surface area contributed by atoms with Crippen LogP contribution < -0.4 is 15.4 Å². The van der Waals surface area contributed by atoms with Gasteiger partial charge in [-0.05, 0) is 23.8 Å². The van der Waals surface area contributed by atoms with E-state index in [1.807, 2.05) is 18.2 Å². The van der Waals surface area contributed by atoms with Crippen LogP contribution in [0.5, 0.6) is 5.75 Å². The van der Waals surface area contributed by atoms with Gasteiger partial charge in [-0.3, -0.25) is 19.7 Å². The van der Waals surface area contributed by atoms with E-state index in [0.29, 0.717) is 22.8 Å². The van der Waals surface area contributed by atoms with Gasteiger partial charge in [0.2, 0.25) is 5.91 Å². The lowest BCUT2D eigenvalue weighted by molar-refractivity contribution is -0.383. The van der Waals surface area contributed by atoms with Crippen LogP contribution in [0, 0.1) is 10.1 Å². The quantitative estimate of drug-likeness (QED) is 0.396. The average Bonchev–Trinajstić information content (AvgIpc) is 3.29. The molecule has 0 spiro atoms. The van der Waals surface area contributed by atoms with Crippen molar-refractivity contribution in [3.8, 4) is 16.9 Å². The van der Waals surface area contributed by atoms with Crippen LogP contribution in [0.2, 0.25) is 0 Å². The van der Waals surface area contributed by atoms with Crippen molar-refractivity contribution >= 4 is 29.0 Å². The van der Waals surface area contributed by atoms with Gasteiger partial charge < -0.3 is 20.1 Å². The predicted octanol–water partition coefficient (Wildman–Crippen LogP) is 3.14. The molecule has 1 aromatic heterocycles. The molecule has 0 bridgehead atoms. The molecule has 1 unspecified atom stereocenters. The molecular weight excluding hydrogens is 430 g/mol. The van der Waals surface area contributed by atoms with E-state index in [0.717, 1.165) is 5.56 Å². The highest BCUT2D eigenvalue weighted by Crippen LogP contribution is 2.40. The molecule has 170 valence electrons. The monoisotopic (exact) mass is 451 g/mol. The number of nitro groups is 1. The first kappa shape index (κ1) is 22.0. The number of carbonyl (C=O) groups excluding carboxylic acids is 2. The first-order valence-corrected chi connectivity index (χ1v) is 10.0. The maximum Gasteiger partial charge on any atom is 0.292 e. The fourth-order valence-corrected chi connectivity index (χ4v) is 3.75. The van der Waals surface area contributed by atoms with E-state index < -0.39 is 22.8 Å². The van der Waals surface area contributed by atoms with Gasteiger partial charge in [0.05, 0.1) is 36.3 Å². The zero-order valence-corrected chi connectivity index (χ0v) is 17.9. The number of hydrogen-bond donors (Lipinski definition) is 2. The Labute approximate surface area is 188 Å². The van der Waals surface area contributed by atoms with Crippen LogP contribution >= 0.6 is 0 Å². The van der Waals surface area contributed by atoms with Gasteiger partial charge in [0, 0.05) is 13.2 Å². The van der Waals surface area contributed by atoms with Crippen LogP contribution in [-0.2, 0) is 20.9 Å². The molecule has 0 fully saturated rings. The molecule has 0 saturated heterocycles. The summed E-state index contributed by atoms with van der Waals surface area (Å²) in [7, 11) is 3.10. The van der Waals surface area contributed by atoms with E-state index in [2.05, 4.69) is 15.7 Å². The lowest BCUT2D eigenvalue weighted by atomic mass is 10.1.